The predicted molar refractivity (Wildman–Crippen MR) is 90.9 cm³/mol. The van der Waals surface area contributed by atoms with E-state index in [9.17, 15) is 9.59 Å². The Morgan fingerprint density at radius 1 is 1.22 bits per heavy atom. The average Bonchev–Trinajstić information content (AvgIpc) is 2.50. The Labute approximate surface area is 151 Å². The minimum absolute atomic E-state index is 0.220. The van der Waals surface area contributed by atoms with Crippen molar-refractivity contribution in [2.45, 2.75) is 48.9 Å². The molecule has 0 spiro atoms. The van der Waals surface area contributed by atoms with Gasteiger partial charge in [0, 0.05) is 0 Å². The summed E-state index contributed by atoms with van der Waals surface area (Å²) in [4.78, 5) is 23.6. The van der Waals surface area contributed by atoms with Crippen LogP contribution in [0.4, 0.5) is 4.79 Å². The highest BCUT2D eigenvalue weighted by Crippen LogP contribution is 2.26. The molecule has 132 valence electrons. The number of carbonyl (C=O) groups excluding carboxylic acids is 2. The molecule has 8 heteroatoms. The molecule has 1 amide bonds. The first-order valence-corrected chi connectivity index (χ1v) is 8.80. The van der Waals surface area contributed by atoms with Gasteiger partial charge >= 0.3 is 12.1 Å². The standard InChI is InChI=1S/C15H22Cl3NO4/c1-2-22-13(20)12(9-8-11-6-4-3-5-7-11)19-14(21)23-10-15(16,17)18/h8-9,11-12H,2-7,10H2,1H3,(H,19,21)/b9-8+. The molecule has 1 aliphatic rings. The van der Waals surface area contributed by atoms with E-state index < -0.39 is 28.5 Å². The van der Waals surface area contributed by atoms with Gasteiger partial charge in [0.1, 0.15) is 12.6 Å². The average molecular weight is 387 g/mol. The number of hydrogen-bond acceptors (Lipinski definition) is 4. The Hall–Kier alpha value is -0.650. The number of amides is 1. The van der Waals surface area contributed by atoms with Crippen LogP contribution < -0.4 is 5.32 Å². The molecule has 0 radical (unpaired) electrons. The zero-order valence-corrected chi connectivity index (χ0v) is 15.3. The van der Waals surface area contributed by atoms with E-state index in [2.05, 4.69) is 5.32 Å². The molecule has 0 aromatic rings. The lowest BCUT2D eigenvalue weighted by Crippen LogP contribution is -2.41. The van der Waals surface area contributed by atoms with Gasteiger partial charge in [0.05, 0.1) is 6.61 Å². The Kier molecular flexibility index (Phi) is 9.10. The summed E-state index contributed by atoms with van der Waals surface area (Å²) in [7, 11) is 0. The van der Waals surface area contributed by atoms with E-state index in [4.69, 9.17) is 44.3 Å². The quantitative estimate of drug-likeness (QED) is 0.423. The van der Waals surface area contributed by atoms with E-state index in [0.717, 1.165) is 12.8 Å². The van der Waals surface area contributed by atoms with Crippen LogP contribution in [0.2, 0.25) is 0 Å². The number of ether oxygens (including phenoxy) is 2. The van der Waals surface area contributed by atoms with Crippen molar-refractivity contribution in [2.24, 2.45) is 5.92 Å². The number of esters is 1. The van der Waals surface area contributed by atoms with Gasteiger partial charge in [-0.3, -0.25) is 0 Å². The summed E-state index contributed by atoms with van der Waals surface area (Å²) in [5, 5.41) is 2.42. The van der Waals surface area contributed by atoms with Gasteiger partial charge in [-0.1, -0.05) is 66.2 Å². The van der Waals surface area contributed by atoms with Crippen molar-refractivity contribution < 1.29 is 19.1 Å². The van der Waals surface area contributed by atoms with E-state index in [1.165, 1.54) is 19.3 Å². The lowest BCUT2D eigenvalue weighted by Gasteiger charge is -2.19. The van der Waals surface area contributed by atoms with Crippen LogP contribution in [0.25, 0.3) is 0 Å². The van der Waals surface area contributed by atoms with Gasteiger partial charge in [0.2, 0.25) is 3.79 Å². The molecule has 23 heavy (non-hydrogen) atoms. The van der Waals surface area contributed by atoms with Gasteiger partial charge in [-0.25, -0.2) is 9.59 Å². The molecule has 0 bridgehead atoms. The normalized spacial score (nSPS) is 17.7. The van der Waals surface area contributed by atoms with Gasteiger partial charge in [-0.05, 0) is 25.7 Å². The van der Waals surface area contributed by atoms with Crippen LogP contribution in [0.5, 0.6) is 0 Å². The van der Waals surface area contributed by atoms with E-state index >= 15 is 0 Å². The van der Waals surface area contributed by atoms with Gasteiger partial charge in [-0.15, -0.1) is 0 Å². The Morgan fingerprint density at radius 2 is 1.87 bits per heavy atom. The molecule has 0 aromatic heterocycles. The molecular formula is C15H22Cl3NO4. The third kappa shape index (κ3) is 9.28. The maximum Gasteiger partial charge on any atom is 0.408 e. The molecular weight excluding hydrogens is 365 g/mol. The Bertz CT molecular complexity index is 417. The summed E-state index contributed by atoms with van der Waals surface area (Å²) in [5.74, 6) is -0.134. The molecule has 1 atom stereocenters. The smallest absolute Gasteiger partial charge is 0.408 e. The zero-order chi connectivity index (χ0) is 17.3. The van der Waals surface area contributed by atoms with Crippen molar-refractivity contribution in [1.29, 1.82) is 0 Å². The van der Waals surface area contributed by atoms with Crippen LogP contribution in [0.1, 0.15) is 39.0 Å². The van der Waals surface area contributed by atoms with Crippen LogP contribution in [-0.4, -0.2) is 35.1 Å². The van der Waals surface area contributed by atoms with Crippen LogP contribution in [0.15, 0.2) is 12.2 Å². The molecule has 0 saturated heterocycles. The number of halogens is 3. The molecule has 1 rings (SSSR count). The van der Waals surface area contributed by atoms with E-state index in [0.29, 0.717) is 5.92 Å². The second-order valence-corrected chi connectivity index (χ2v) is 7.86. The zero-order valence-electron chi connectivity index (χ0n) is 13.0. The Morgan fingerprint density at radius 3 is 2.43 bits per heavy atom. The molecule has 0 aliphatic heterocycles. The minimum Gasteiger partial charge on any atom is -0.464 e. The summed E-state index contributed by atoms with van der Waals surface area (Å²) in [6, 6.07) is -0.917. The van der Waals surface area contributed by atoms with Gasteiger partial charge in [0.15, 0.2) is 0 Å². The van der Waals surface area contributed by atoms with Crippen molar-refractivity contribution in [3.8, 4) is 0 Å². The third-order valence-electron chi connectivity index (χ3n) is 3.41. The number of nitrogens with one attached hydrogen (secondary N) is 1. The number of allylic oxidation sites excluding steroid dienone is 1. The van der Waals surface area contributed by atoms with E-state index in [-0.39, 0.29) is 6.61 Å². The molecule has 1 N–H and O–H groups in total. The molecule has 1 unspecified atom stereocenters. The molecule has 1 saturated carbocycles. The fourth-order valence-corrected chi connectivity index (χ4v) is 2.49. The number of carbonyl (C=O) groups is 2. The monoisotopic (exact) mass is 385 g/mol. The summed E-state index contributed by atoms with van der Waals surface area (Å²) < 4.78 is 8.02. The summed E-state index contributed by atoms with van der Waals surface area (Å²) >= 11 is 16.5. The number of rotatable bonds is 6. The fourth-order valence-electron chi connectivity index (χ4n) is 2.33. The third-order valence-corrected chi connectivity index (χ3v) is 3.73. The van der Waals surface area contributed by atoms with Crippen molar-refractivity contribution in [1.82, 2.24) is 5.32 Å². The largest absolute Gasteiger partial charge is 0.464 e. The highest BCUT2D eigenvalue weighted by atomic mass is 35.6. The van der Waals surface area contributed by atoms with Crippen LogP contribution in [-0.2, 0) is 14.3 Å². The van der Waals surface area contributed by atoms with E-state index in [1.807, 2.05) is 6.08 Å². The fraction of sp³-hybridized carbons (Fsp3) is 0.733. The summed E-state index contributed by atoms with van der Waals surface area (Å²) in [6.45, 7) is 1.50. The molecule has 5 nitrogen and oxygen atoms in total. The molecule has 1 aliphatic carbocycles. The van der Waals surface area contributed by atoms with Gasteiger partial charge in [0.25, 0.3) is 0 Å². The minimum atomic E-state index is -1.70. The lowest BCUT2D eigenvalue weighted by atomic mass is 9.89. The maximum absolute atomic E-state index is 11.9. The second-order valence-electron chi connectivity index (χ2n) is 5.35. The highest BCUT2D eigenvalue weighted by Gasteiger charge is 2.25. The Balaban J connectivity index is 2.58. The number of alkyl carbamates (subject to hydrolysis) is 1. The molecule has 1 fully saturated rings. The lowest BCUT2D eigenvalue weighted by molar-refractivity contribution is -0.144. The maximum atomic E-state index is 11.9. The number of hydrogen-bond donors (Lipinski definition) is 1. The molecule has 0 heterocycles. The van der Waals surface area contributed by atoms with Gasteiger partial charge < -0.3 is 14.8 Å². The van der Waals surface area contributed by atoms with Crippen molar-refractivity contribution in [2.75, 3.05) is 13.2 Å². The van der Waals surface area contributed by atoms with Crippen LogP contribution >= 0.6 is 34.8 Å². The SMILES string of the molecule is CCOC(=O)C(/C=C/C1CCCCC1)NC(=O)OCC(Cl)(Cl)Cl. The second kappa shape index (κ2) is 10.3. The van der Waals surface area contributed by atoms with Gasteiger partial charge in [-0.2, -0.15) is 0 Å². The summed E-state index contributed by atoms with van der Waals surface area (Å²) in [5.41, 5.74) is 0. The molecule has 0 aromatic carbocycles. The number of alkyl halides is 3. The van der Waals surface area contributed by atoms with Crippen LogP contribution in [0, 0.1) is 5.92 Å². The van der Waals surface area contributed by atoms with E-state index in [1.54, 1.807) is 13.0 Å². The van der Waals surface area contributed by atoms with Crippen molar-refractivity contribution in [3.63, 3.8) is 0 Å². The first kappa shape index (κ1) is 20.4. The first-order chi connectivity index (χ1) is 10.8. The van der Waals surface area contributed by atoms with Crippen LogP contribution in [0.3, 0.4) is 0 Å². The highest BCUT2D eigenvalue weighted by molar-refractivity contribution is 6.67. The predicted octanol–water partition coefficient (Wildman–Crippen LogP) is 4.15. The first-order valence-electron chi connectivity index (χ1n) is 7.67. The summed E-state index contributed by atoms with van der Waals surface area (Å²) in [6.07, 6.45) is 8.53. The van der Waals surface area contributed by atoms with Crippen molar-refractivity contribution >= 4 is 46.9 Å². The topological polar surface area (TPSA) is 64.6 Å². The van der Waals surface area contributed by atoms with Crippen molar-refractivity contribution in [3.05, 3.63) is 12.2 Å².